The van der Waals surface area contributed by atoms with Crippen LogP contribution in [-0.4, -0.2) is 48.9 Å². The van der Waals surface area contributed by atoms with E-state index < -0.39 is 28.2 Å². The molecule has 0 bridgehead atoms. The average molecular weight is 592 g/mol. The number of anilines is 2. The molecule has 0 aliphatic carbocycles. The molecule has 0 saturated carbocycles. The summed E-state index contributed by atoms with van der Waals surface area (Å²) in [5, 5.41) is 5.23. The first-order chi connectivity index (χ1) is 18.5. The minimum absolute atomic E-state index is 0.00859. The SMILES string of the molecule is C#Cc1cncc(N)c1-c1cc(Cl)c(C(=O)Nc2cnc(C(=O)NCC3CCS(O)(O)CC3)c(Cl)c2)cc1F. The van der Waals surface area contributed by atoms with Crippen LogP contribution >= 0.6 is 33.8 Å². The highest BCUT2D eigenvalue weighted by molar-refractivity contribution is 8.24. The maximum Gasteiger partial charge on any atom is 0.271 e. The molecule has 39 heavy (non-hydrogen) atoms. The van der Waals surface area contributed by atoms with Gasteiger partial charge in [-0.1, -0.05) is 29.1 Å². The van der Waals surface area contributed by atoms with E-state index in [-0.39, 0.29) is 55.3 Å². The molecule has 1 aliphatic rings. The number of carbonyl (C=O) groups is 2. The highest BCUT2D eigenvalue weighted by Gasteiger charge is 2.25. The van der Waals surface area contributed by atoms with Crippen molar-refractivity contribution in [3.8, 4) is 23.5 Å². The lowest BCUT2D eigenvalue weighted by atomic mass is 9.98. The van der Waals surface area contributed by atoms with Gasteiger partial charge >= 0.3 is 0 Å². The van der Waals surface area contributed by atoms with Crippen molar-refractivity contribution in [3.05, 3.63) is 69.5 Å². The molecule has 1 aromatic carbocycles. The molecule has 1 aliphatic heterocycles. The Bertz CT molecular complexity index is 1490. The van der Waals surface area contributed by atoms with Gasteiger partial charge in [0.1, 0.15) is 11.5 Å². The molecule has 2 amide bonds. The van der Waals surface area contributed by atoms with Gasteiger partial charge in [-0.3, -0.25) is 23.7 Å². The molecule has 9 nitrogen and oxygen atoms in total. The van der Waals surface area contributed by atoms with E-state index in [1.54, 1.807) is 0 Å². The zero-order valence-corrected chi connectivity index (χ0v) is 22.7. The molecule has 3 aromatic rings. The fourth-order valence-corrected chi connectivity index (χ4v) is 6.28. The molecule has 0 unspecified atom stereocenters. The van der Waals surface area contributed by atoms with Gasteiger partial charge in [0.05, 0.1) is 44.9 Å². The topological polar surface area (TPSA) is 150 Å². The summed E-state index contributed by atoms with van der Waals surface area (Å²) in [7, 11) is -2.50. The number of terminal acetylenes is 1. The third-order valence-electron chi connectivity index (χ3n) is 6.27. The first kappa shape index (κ1) is 28.6. The molecule has 0 radical (unpaired) electrons. The molecule has 4 rings (SSSR count). The Balaban J connectivity index is 1.45. The number of hydrogen-bond acceptors (Lipinski definition) is 7. The summed E-state index contributed by atoms with van der Waals surface area (Å²) in [5.74, 6) is 1.15. The summed E-state index contributed by atoms with van der Waals surface area (Å²) in [6.45, 7) is 0.346. The molecule has 3 heterocycles. The highest BCUT2D eigenvalue weighted by Crippen LogP contribution is 2.45. The summed E-state index contributed by atoms with van der Waals surface area (Å²) in [6, 6.07) is 3.56. The first-order valence-corrected chi connectivity index (χ1v) is 14.3. The van der Waals surface area contributed by atoms with Crippen LogP contribution in [0.2, 0.25) is 10.0 Å². The molecule has 0 spiro atoms. The molecule has 13 heteroatoms. The second-order valence-corrected chi connectivity index (χ2v) is 12.2. The summed E-state index contributed by atoms with van der Waals surface area (Å²) in [4.78, 5) is 33.4. The number of hydrogen-bond donors (Lipinski definition) is 5. The van der Waals surface area contributed by atoms with Gasteiger partial charge in [-0.05, 0) is 37.0 Å². The standard InChI is InChI=1S/C26H24Cl2FN5O4S/c1-2-15-11-31-13-22(30)23(15)18-8-19(27)17(9-21(18)29)25(35)34-16-7-20(28)24(32-12-16)26(36)33-10-14-3-5-39(37,38)6-4-14/h1,7-9,11-14,37-38H,3-6,10,30H2,(H,33,36)(H,34,35). The monoisotopic (exact) mass is 591 g/mol. The van der Waals surface area contributed by atoms with E-state index in [2.05, 4.69) is 26.5 Å². The lowest BCUT2D eigenvalue weighted by Gasteiger charge is -2.39. The number of nitrogens with zero attached hydrogens (tertiary/aromatic N) is 2. The number of nitrogen functional groups attached to an aromatic ring is 1. The van der Waals surface area contributed by atoms with Gasteiger partial charge in [0.2, 0.25) is 0 Å². The van der Waals surface area contributed by atoms with Crippen molar-refractivity contribution in [2.45, 2.75) is 12.8 Å². The Morgan fingerprint density at radius 1 is 1.13 bits per heavy atom. The normalized spacial score (nSPS) is 15.7. The van der Waals surface area contributed by atoms with Crippen LogP contribution in [0.4, 0.5) is 15.8 Å². The van der Waals surface area contributed by atoms with Crippen LogP contribution in [0.15, 0.2) is 36.8 Å². The maximum atomic E-state index is 15.1. The Labute approximate surface area is 235 Å². The fraction of sp³-hybridized carbons (Fsp3) is 0.231. The molecule has 204 valence electrons. The molecular weight excluding hydrogens is 568 g/mol. The predicted octanol–water partition coefficient (Wildman–Crippen LogP) is 5.30. The second-order valence-electron chi connectivity index (χ2n) is 8.98. The number of benzene rings is 1. The molecule has 1 saturated heterocycles. The summed E-state index contributed by atoms with van der Waals surface area (Å²) >= 11 is 12.6. The first-order valence-electron chi connectivity index (χ1n) is 11.7. The smallest absolute Gasteiger partial charge is 0.271 e. The van der Waals surface area contributed by atoms with E-state index in [0.29, 0.717) is 30.9 Å². The number of nitrogens with two attached hydrogens (primary N) is 1. The van der Waals surface area contributed by atoms with Gasteiger partial charge < -0.3 is 16.4 Å². The number of carbonyl (C=O) groups excluding carboxylic acids is 2. The van der Waals surface area contributed by atoms with Gasteiger partial charge in [-0.2, -0.15) is 10.6 Å². The third kappa shape index (κ3) is 6.61. The highest BCUT2D eigenvalue weighted by atomic mass is 35.5. The lowest BCUT2D eigenvalue weighted by Crippen LogP contribution is -2.33. The Kier molecular flexibility index (Phi) is 8.64. The minimum atomic E-state index is -2.50. The van der Waals surface area contributed by atoms with E-state index in [0.717, 1.165) is 6.07 Å². The van der Waals surface area contributed by atoms with Crippen molar-refractivity contribution in [1.29, 1.82) is 0 Å². The van der Waals surface area contributed by atoms with Gasteiger partial charge in [0, 0.05) is 35.4 Å². The van der Waals surface area contributed by atoms with Crippen LogP contribution < -0.4 is 16.4 Å². The van der Waals surface area contributed by atoms with E-state index in [1.165, 1.54) is 30.7 Å². The van der Waals surface area contributed by atoms with Crippen LogP contribution in [0.3, 0.4) is 0 Å². The van der Waals surface area contributed by atoms with E-state index in [1.807, 2.05) is 0 Å². The predicted molar refractivity (Wildman–Crippen MR) is 152 cm³/mol. The van der Waals surface area contributed by atoms with E-state index in [9.17, 15) is 18.7 Å². The minimum Gasteiger partial charge on any atom is -0.397 e. The lowest BCUT2D eigenvalue weighted by molar-refractivity contribution is 0.0941. The fourth-order valence-electron chi connectivity index (χ4n) is 4.15. The van der Waals surface area contributed by atoms with E-state index >= 15 is 4.39 Å². The molecule has 1 fully saturated rings. The average Bonchev–Trinajstić information content (AvgIpc) is 2.89. The Morgan fingerprint density at radius 2 is 1.85 bits per heavy atom. The van der Waals surface area contributed by atoms with Crippen LogP contribution in [0, 0.1) is 24.1 Å². The van der Waals surface area contributed by atoms with Gasteiger partial charge in [-0.25, -0.2) is 9.37 Å². The number of amides is 2. The Hall–Kier alpha value is -3.40. The summed E-state index contributed by atoms with van der Waals surface area (Å²) in [5.41, 5.74) is 6.59. The third-order valence-corrected chi connectivity index (χ3v) is 8.65. The summed E-state index contributed by atoms with van der Waals surface area (Å²) in [6.07, 6.45) is 10.6. The van der Waals surface area contributed by atoms with Crippen molar-refractivity contribution in [2.75, 3.05) is 29.1 Å². The van der Waals surface area contributed by atoms with Crippen LogP contribution in [0.5, 0.6) is 0 Å². The van der Waals surface area contributed by atoms with Crippen LogP contribution in [-0.2, 0) is 0 Å². The number of aromatic nitrogens is 2. The second kappa shape index (κ2) is 11.8. The van der Waals surface area contributed by atoms with Gasteiger partial charge in [0.15, 0.2) is 0 Å². The number of halogens is 3. The van der Waals surface area contributed by atoms with Crippen molar-refractivity contribution in [3.63, 3.8) is 0 Å². The van der Waals surface area contributed by atoms with Crippen molar-refractivity contribution in [2.24, 2.45) is 5.92 Å². The van der Waals surface area contributed by atoms with Crippen molar-refractivity contribution in [1.82, 2.24) is 15.3 Å². The van der Waals surface area contributed by atoms with E-state index in [4.69, 9.17) is 35.4 Å². The summed E-state index contributed by atoms with van der Waals surface area (Å²) < 4.78 is 34.5. The zero-order valence-electron chi connectivity index (χ0n) is 20.4. The van der Waals surface area contributed by atoms with Crippen molar-refractivity contribution < 1.29 is 23.1 Å². The number of nitrogens with one attached hydrogen (secondary N) is 2. The molecule has 6 N–H and O–H groups in total. The molecule has 0 atom stereocenters. The molecule has 2 aromatic heterocycles. The zero-order chi connectivity index (χ0) is 28.3. The number of rotatable bonds is 6. The van der Waals surface area contributed by atoms with Crippen molar-refractivity contribution >= 4 is 57.0 Å². The van der Waals surface area contributed by atoms with Gasteiger partial charge in [-0.15, -0.1) is 6.42 Å². The van der Waals surface area contributed by atoms with Gasteiger partial charge in [0.25, 0.3) is 11.8 Å². The Morgan fingerprint density at radius 3 is 2.51 bits per heavy atom. The maximum absolute atomic E-state index is 15.1. The largest absolute Gasteiger partial charge is 0.397 e. The number of pyridine rings is 2. The quantitative estimate of drug-likeness (QED) is 0.244. The molecular formula is C26H24Cl2FN5O4S. The van der Waals surface area contributed by atoms with Crippen LogP contribution in [0.1, 0.15) is 39.3 Å². The van der Waals surface area contributed by atoms with Crippen LogP contribution in [0.25, 0.3) is 11.1 Å².